The summed E-state index contributed by atoms with van der Waals surface area (Å²) in [6.45, 7) is 4.56. The van der Waals surface area contributed by atoms with Gasteiger partial charge in [0.25, 0.3) is 5.91 Å². The molecule has 1 atom stereocenters. The molecule has 1 aliphatic heterocycles. The van der Waals surface area contributed by atoms with Crippen LogP contribution < -0.4 is 20.9 Å². The van der Waals surface area contributed by atoms with Crippen molar-refractivity contribution >= 4 is 17.7 Å². The fourth-order valence-electron chi connectivity index (χ4n) is 3.27. The number of nitrogens with one attached hydrogen (secondary N) is 3. The Morgan fingerprint density at radius 2 is 2.00 bits per heavy atom. The van der Waals surface area contributed by atoms with Crippen molar-refractivity contribution in [3.63, 3.8) is 0 Å². The van der Waals surface area contributed by atoms with Crippen molar-refractivity contribution in [2.24, 2.45) is 4.99 Å². The molecule has 30 heavy (non-hydrogen) atoms. The molecular weight excluding hydrogens is 390 g/mol. The van der Waals surface area contributed by atoms with Crippen LogP contribution in [0.4, 0.5) is 14.6 Å². The molecule has 1 aliphatic rings. The summed E-state index contributed by atoms with van der Waals surface area (Å²) in [5.74, 6) is -0.372. The number of carbonyl (C=O) groups excluding carboxylic acids is 1. The molecule has 1 fully saturated rings. The highest BCUT2D eigenvalue weighted by Crippen LogP contribution is 2.20. The van der Waals surface area contributed by atoms with Gasteiger partial charge in [-0.25, -0.2) is 13.8 Å². The van der Waals surface area contributed by atoms with Crippen LogP contribution in [0.3, 0.4) is 0 Å². The van der Waals surface area contributed by atoms with E-state index >= 15 is 0 Å². The van der Waals surface area contributed by atoms with Crippen molar-refractivity contribution in [2.75, 3.05) is 37.6 Å². The van der Waals surface area contributed by atoms with Crippen LogP contribution in [0.25, 0.3) is 0 Å². The van der Waals surface area contributed by atoms with Gasteiger partial charge in [-0.1, -0.05) is 12.1 Å². The number of guanidine groups is 1. The summed E-state index contributed by atoms with van der Waals surface area (Å²) in [5, 5.41) is 9.17. The first kappa shape index (κ1) is 21.5. The van der Waals surface area contributed by atoms with E-state index in [2.05, 4.69) is 25.9 Å². The van der Waals surface area contributed by atoms with Gasteiger partial charge in [-0.3, -0.25) is 9.79 Å². The van der Waals surface area contributed by atoms with Gasteiger partial charge in [-0.15, -0.1) is 0 Å². The summed E-state index contributed by atoms with van der Waals surface area (Å²) in [4.78, 5) is 22.5. The van der Waals surface area contributed by atoms with Gasteiger partial charge in [0.1, 0.15) is 5.82 Å². The quantitative estimate of drug-likeness (QED) is 0.365. The summed E-state index contributed by atoms with van der Waals surface area (Å²) >= 11 is 0. The largest absolute Gasteiger partial charge is 0.357 e. The molecule has 9 heteroatoms. The van der Waals surface area contributed by atoms with E-state index in [9.17, 15) is 13.6 Å². The van der Waals surface area contributed by atoms with Crippen LogP contribution in [0.2, 0.25) is 0 Å². The maximum Gasteiger partial charge on any atom is 0.254 e. The van der Waals surface area contributed by atoms with Gasteiger partial charge in [0.15, 0.2) is 17.6 Å². The minimum absolute atomic E-state index is 0.0133. The lowest BCUT2D eigenvalue weighted by molar-refractivity contribution is 0.0951. The molecule has 1 aromatic carbocycles. The number of pyridine rings is 1. The van der Waals surface area contributed by atoms with E-state index in [0.29, 0.717) is 38.0 Å². The molecule has 2 heterocycles. The topological polar surface area (TPSA) is 81.6 Å². The van der Waals surface area contributed by atoms with Gasteiger partial charge in [0, 0.05) is 38.4 Å². The summed E-state index contributed by atoms with van der Waals surface area (Å²) in [6.07, 6.45) is 2.41. The summed E-state index contributed by atoms with van der Waals surface area (Å²) < 4.78 is 27.6. The highest BCUT2D eigenvalue weighted by molar-refractivity contribution is 5.94. The second-order valence-electron chi connectivity index (χ2n) is 6.88. The van der Waals surface area contributed by atoms with Crippen LogP contribution in [-0.4, -0.2) is 55.6 Å². The van der Waals surface area contributed by atoms with E-state index in [1.165, 1.54) is 24.3 Å². The molecule has 3 N–H and O–H groups in total. The molecule has 2 aromatic rings. The summed E-state index contributed by atoms with van der Waals surface area (Å²) in [7, 11) is 0. The highest BCUT2D eigenvalue weighted by Gasteiger charge is 2.25. The molecule has 1 unspecified atom stereocenters. The van der Waals surface area contributed by atoms with Gasteiger partial charge < -0.3 is 20.9 Å². The maximum atomic E-state index is 14.0. The van der Waals surface area contributed by atoms with E-state index in [4.69, 9.17) is 0 Å². The Bertz CT molecular complexity index is 891. The fraction of sp³-hybridized carbons (Fsp3) is 0.381. The molecule has 1 aromatic heterocycles. The monoisotopic (exact) mass is 416 g/mol. The lowest BCUT2D eigenvalue weighted by Crippen LogP contribution is -2.45. The number of aliphatic imine (C=N–C) groups is 1. The van der Waals surface area contributed by atoms with E-state index in [0.717, 1.165) is 6.42 Å². The number of hydrogen-bond acceptors (Lipinski definition) is 4. The summed E-state index contributed by atoms with van der Waals surface area (Å²) in [6, 6.07) is 8.92. The first-order valence-electron chi connectivity index (χ1n) is 10.0. The Balaban J connectivity index is 1.49. The Morgan fingerprint density at radius 1 is 1.20 bits per heavy atom. The van der Waals surface area contributed by atoms with Gasteiger partial charge >= 0.3 is 0 Å². The van der Waals surface area contributed by atoms with Crippen LogP contribution in [-0.2, 0) is 0 Å². The molecule has 1 amide bonds. The van der Waals surface area contributed by atoms with Gasteiger partial charge in [0.05, 0.1) is 12.1 Å². The SMILES string of the molecule is CCNC(=NCCNC(=O)c1ccccc1F)NC1CCN(c2ncccc2F)C1. The van der Waals surface area contributed by atoms with Gasteiger partial charge in [-0.2, -0.15) is 0 Å². The summed E-state index contributed by atoms with van der Waals surface area (Å²) in [5.41, 5.74) is 0.0133. The number of aromatic nitrogens is 1. The number of hydrogen-bond donors (Lipinski definition) is 3. The Morgan fingerprint density at radius 3 is 2.77 bits per heavy atom. The Hall–Kier alpha value is -3.23. The Labute approximate surface area is 174 Å². The number of nitrogens with zero attached hydrogens (tertiary/aromatic N) is 3. The fourth-order valence-corrected chi connectivity index (χ4v) is 3.27. The van der Waals surface area contributed by atoms with Crippen molar-refractivity contribution in [1.29, 1.82) is 0 Å². The first-order chi connectivity index (χ1) is 14.6. The van der Waals surface area contributed by atoms with E-state index < -0.39 is 11.7 Å². The normalized spacial score (nSPS) is 16.4. The van der Waals surface area contributed by atoms with E-state index in [1.54, 1.807) is 18.3 Å². The Kier molecular flexibility index (Phi) is 7.53. The third-order valence-electron chi connectivity index (χ3n) is 4.70. The molecule has 7 nitrogen and oxygen atoms in total. The molecule has 0 radical (unpaired) electrons. The number of rotatable bonds is 7. The average molecular weight is 416 g/mol. The molecule has 0 bridgehead atoms. The zero-order valence-corrected chi connectivity index (χ0v) is 16.9. The van der Waals surface area contributed by atoms with Crippen LogP contribution in [0.15, 0.2) is 47.6 Å². The van der Waals surface area contributed by atoms with Gasteiger partial charge in [0.2, 0.25) is 0 Å². The van der Waals surface area contributed by atoms with Crippen molar-refractivity contribution in [3.05, 3.63) is 59.8 Å². The maximum absolute atomic E-state index is 14.0. The molecule has 0 saturated carbocycles. The lowest BCUT2D eigenvalue weighted by atomic mass is 10.2. The number of anilines is 1. The first-order valence-corrected chi connectivity index (χ1v) is 10.0. The standard InChI is InChI=1S/C21H26F2N6O/c1-2-24-21(27-12-11-26-20(30)16-6-3-4-7-17(16)22)28-15-9-13-29(14-15)19-18(23)8-5-10-25-19/h3-8,10,15H,2,9,11-14H2,1H3,(H,26,30)(H2,24,27,28). The van der Waals surface area contributed by atoms with Crippen molar-refractivity contribution in [1.82, 2.24) is 20.9 Å². The van der Waals surface area contributed by atoms with E-state index in [-0.39, 0.29) is 24.0 Å². The number of benzene rings is 1. The lowest BCUT2D eigenvalue weighted by Gasteiger charge is -2.20. The predicted octanol–water partition coefficient (Wildman–Crippen LogP) is 1.92. The number of amides is 1. The molecule has 3 rings (SSSR count). The molecule has 1 saturated heterocycles. The molecule has 0 aliphatic carbocycles. The van der Waals surface area contributed by atoms with Crippen molar-refractivity contribution in [3.8, 4) is 0 Å². The van der Waals surface area contributed by atoms with Crippen LogP contribution in [0, 0.1) is 11.6 Å². The molecule has 160 valence electrons. The number of carbonyl (C=O) groups is 1. The molecule has 0 spiro atoms. The van der Waals surface area contributed by atoms with Crippen LogP contribution in [0.1, 0.15) is 23.7 Å². The second-order valence-corrected chi connectivity index (χ2v) is 6.88. The van der Waals surface area contributed by atoms with Crippen molar-refractivity contribution in [2.45, 2.75) is 19.4 Å². The zero-order valence-electron chi connectivity index (χ0n) is 16.9. The minimum Gasteiger partial charge on any atom is -0.357 e. The number of halogens is 2. The van der Waals surface area contributed by atoms with Crippen molar-refractivity contribution < 1.29 is 13.6 Å². The third-order valence-corrected chi connectivity index (χ3v) is 4.70. The minimum atomic E-state index is -0.552. The van der Waals surface area contributed by atoms with Crippen LogP contribution >= 0.6 is 0 Å². The average Bonchev–Trinajstić information content (AvgIpc) is 3.20. The predicted molar refractivity (Wildman–Crippen MR) is 113 cm³/mol. The smallest absolute Gasteiger partial charge is 0.254 e. The van der Waals surface area contributed by atoms with Gasteiger partial charge in [-0.05, 0) is 37.6 Å². The van der Waals surface area contributed by atoms with E-state index in [1.807, 2.05) is 11.8 Å². The third kappa shape index (κ3) is 5.65. The molecular formula is C21H26F2N6O. The highest BCUT2D eigenvalue weighted by atomic mass is 19.1. The zero-order chi connectivity index (χ0) is 21.3. The second kappa shape index (κ2) is 10.5. The van der Waals surface area contributed by atoms with Crippen LogP contribution in [0.5, 0.6) is 0 Å².